The van der Waals surface area contributed by atoms with Crippen molar-refractivity contribution in [2.75, 3.05) is 11.1 Å². The van der Waals surface area contributed by atoms with Crippen molar-refractivity contribution in [3.05, 3.63) is 108 Å². The maximum absolute atomic E-state index is 11.7. The summed E-state index contributed by atoms with van der Waals surface area (Å²) in [7, 11) is 0. The van der Waals surface area contributed by atoms with Crippen LogP contribution in [0.1, 0.15) is 12.5 Å². The number of hydrogen-bond donors (Lipinski definition) is 2. The van der Waals surface area contributed by atoms with E-state index in [1.165, 1.54) is 0 Å². The monoisotopic (exact) mass is 466 g/mol. The van der Waals surface area contributed by atoms with Crippen molar-refractivity contribution in [2.24, 2.45) is 0 Å². The van der Waals surface area contributed by atoms with Gasteiger partial charge in [0, 0.05) is 29.6 Å². The molecule has 0 fully saturated rings. The zero-order valence-corrected chi connectivity index (χ0v) is 18.5. The number of aliphatic hydroxyl groups is 1. The zero-order valence-electron chi connectivity index (χ0n) is 16.1. The summed E-state index contributed by atoms with van der Waals surface area (Å²) < 4.78 is 2.03. The average molecular weight is 467 g/mol. The van der Waals surface area contributed by atoms with Crippen LogP contribution in [0, 0.1) is 0 Å². The lowest BCUT2D eigenvalue weighted by atomic mass is 10.0. The molecule has 3 nitrogen and oxygen atoms in total. The number of anilines is 1. The molecule has 2 N–H and O–H groups in total. The van der Waals surface area contributed by atoms with E-state index >= 15 is 0 Å². The van der Waals surface area contributed by atoms with Gasteiger partial charge in [-0.2, -0.15) is 4.58 Å². The molecule has 0 radical (unpaired) electrons. The van der Waals surface area contributed by atoms with Gasteiger partial charge >= 0.3 is 5.72 Å². The quantitative estimate of drug-likeness (QED) is 0.566. The fraction of sp³-hybridized carbons (Fsp3) is 0.125. The summed E-state index contributed by atoms with van der Waals surface area (Å²) in [5.74, 6) is 0.566. The lowest BCUT2D eigenvalue weighted by molar-refractivity contribution is -0.592. The molecule has 0 saturated heterocycles. The molecule has 0 saturated carbocycles. The van der Waals surface area contributed by atoms with Crippen LogP contribution in [0.25, 0.3) is 0 Å². The minimum absolute atomic E-state index is 0. The fourth-order valence-electron chi connectivity index (χ4n) is 3.40. The summed E-state index contributed by atoms with van der Waals surface area (Å²) in [4.78, 5) is 0. The van der Waals surface area contributed by atoms with E-state index in [9.17, 15) is 5.11 Å². The summed E-state index contributed by atoms with van der Waals surface area (Å²) in [5, 5.41) is 16.1. The van der Waals surface area contributed by atoms with Gasteiger partial charge < -0.3 is 27.4 Å². The van der Waals surface area contributed by atoms with E-state index in [1.807, 2.05) is 102 Å². The first-order valence-corrected chi connectivity index (χ1v) is 10.3. The van der Waals surface area contributed by atoms with Crippen LogP contribution in [-0.4, -0.2) is 20.5 Å². The molecule has 3 aromatic carbocycles. The van der Waals surface area contributed by atoms with E-state index in [0.717, 1.165) is 27.7 Å². The molecule has 0 aliphatic carbocycles. The van der Waals surface area contributed by atoms with Crippen LogP contribution in [0.3, 0.4) is 0 Å². The minimum Gasteiger partial charge on any atom is -1.00 e. The number of halogens is 1. The van der Waals surface area contributed by atoms with Gasteiger partial charge in [-0.25, -0.2) is 0 Å². The number of para-hydroxylation sites is 2. The molecular weight excluding hydrogens is 444 g/mol. The number of hydrogen-bond acceptors (Lipinski definition) is 3. The van der Waals surface area contributed by atoms with Gasteiger partial charge in [-0.3, -0.25) is 0 Å². The summed E-state index contributed by atoms with van der Waals surface area (Å²) >= 11 is 1.66. The van der Waals surface area contributed by atoms with Crippen LogP contribution in [0.5, 0.6) is 0 Å². The van der Waals surface area contributed by atoms with Crippen LogP contribution in [-0.2, 0) is 5.72 Å². The van der Waals surface area contributed by atoms with Gasteiger partial charge in [0.05, 0.1) is 5.56 Å². The Balaban J connectivity index is 0.00000240. The highest BCUT2D eigenvalue weighted by Crippen LogP contribution is 2.39. The average Bonchev–Trinajstić information content (AvgIpc) is 3.07. The van der Waals surface area contributed by atoms with Gasteiger partial charge in [0.15, 0.2) is 0 Å². The Morgan fingerprint density at radius 2 is 1.48 bits per heavy atom. The third-order valence-electron chi connectivity index (χ3n) is 4.72. The second kappa shape index (κ2) is 9.44. The molecule has 1 heterocycles. The van der Waals surface area contributed by atoms with Crippen LogP contribution in [0.15, 0.2) is 103 Å². The van der Waals surface area contributed by atoms with Crippen LogP contribution >= 0.6 is 11.8 Å². The molecule has 1 aliphatic heterocycles. The topological polar surface area (TPSA) is 35.3 Å². The molecule has 29 heavy (non-hydrogen) atoms. The van der Waals surface area contributed by atoms with Gasteiger partial charge in [0.1, 0.15) is 5.75 Å². The van der Waals surface area contributed by atoms with Crippen molar-refractivity contribution in [3.8, 4) is 0 Å². The molecular formula is C24H23BrN2OS. The summed E-state index contributed by atoms with van der Waals surface area (Å²) in [6.45, 7) is 2.05. The van der Waals surface area contributed by atoms with Crippen molar-refractivity contribution in [1.29, 1.82) is 0 Å². The molecule has 5 heteroatoms. The van der Waals surface area contributed by atoms with Crippen molar-refractivity contribution >= 4 is 28.2 Å². The molecule has 0 spiro atoms. The highest BCUT2D eigenvalue weighted by Gasteiger charge is 2.50. The third kappa shape index (κ3) is 4.64. The summed E-state index contributed by atoms with van der Waals surface area (Å²) in [6.07, 6.45) is 2.10. The first-order chi connectivity index (χ1) is 13.7. The smallest absolute Gasteiger partial charge is 0.307 e. The Morgan fingerprint density at radius 1 is 0.931 bits per heavy atom. The number of nitrogens with zero attached hydrogens (tertiary/aromatic N) is 1. The van der Waals surface area contributed by atoms with Gasteiger partial charge in [-0.15, -0.1) is 0 Å². The maximum atomic E-state index is 11.7. The van der Waals surface area contributed by atoms with Gasteiger partial charge in [-0.1, -0.05) is 54.6 Å². The fourth-order valence-corrected chi connectivity index (χ4v) is 4.69. The molecule has 3 aromatic rings. The van der Waals surface area contributed by atoms with Crippen molar-refractivity contribution < 1.29 is 26.7 Å². The lowest BCUT2D eigenvalue weighted by Gasteiger charge is -2.20. The molecule has 1 aliphatic rings. The lowest BCUT2D eigenvalue weighted by Crippen LogP contribution is -3.00. The largest absolute Gasteiger partial charge is 1.00 e. The second-order valence-corrected chi connectivity index (χ2v) is 7.79. The van der Waals surface area contributed by atoms with Crippen molar-refractivity contribution in [1.82, 2.24) is 0 Å². The standard InChI is InChI=1S/C24H22N2OS.BrH/c1-19(25-21-13-7-3-8-14-21)17-23-26(22-15-9-4-10-16-22)24(27,18-28-23)20-11-5-2-6-12-20;/h2-17,27H,18H2,1H3;1H. The van der Waals surface area contributed by atoms with E-state index in [2.05, 4.69) is 11.4 Å². The zero-order chi connectivity index (χ0) is 19.4. The normalized spacial score (nSPS) is 19.0. The first-order valence-electron chi connectivity index (χ1n) is 9.30. The Kier molecular flexibility index (Phi) is 6.96. The molecule has 1 atom stereocenters. The summed E-state index contributed by atoms with van der Waals surface area (Å²) in [6, 6.07) is 30.1. The van der Waals surface area contributed by atoms with Gasteiger partial charge in [-0.05, 0) is 43.0 Å². The van der Waals surface area contributed by atoms with E-state index in [1.54, 1.807) is 11.8 Å². The number of allylic oxidation sites excluding steroid dienone is 1. The Bertz CT molecular complexity index is 1010. The van der Waals surface area contributed by atoms with E-state index in [0.29, 0.717) is 5.75 Å². The number of nitrogens with one attached hydrogen (secondary N) is 1. The molecule has 0 amide bonds. The van der Waals surface area contributed by atoms with Crippen LogP contribution < -0.4 is 22.3 Å². The van der Waals surface area contributed by atoms with E-state index < -0.39 is 5.72 Å². The van der Waals surface area contributed by atoms with Crippen molar-refractivity contribution in [2.45, 2.75) is 12.6 Å². The Labute approximate surface area is 186 Å². The van der Waals surface area contributed by atoms with Gasteiger partial charge in [0.25, 0.3) is 0 Å². The van der Waals surface area contributed by atoms with E-state index in [-0.39, 0.29) is 17.0 Å². The molecule has 0 bridgehead atoms. The highest BCUT2D eigenvalue weighted by molar-refractivity contribution is 8.14. The van der Waals surface area contributed by atoms with E-state index in [4.69, 9.17) is 0 Å². The number of rotatable bonds is 5. The molecule has 1 unspecified atom stereocenters. The Hall–Kier alpha value is -2.34. The molecule has 148 valence electrons. The third-order valence-corrected chi connectivity index (χ3v) is 5.86. The van der Waals surface area contributed by atoms with Crippen molar-refractivity contribution in [3.63, 3.8) is 0 Å². The SMILES string of the molecule is CC(=CC1=[N+](c2ccccc2)C(O)(c2ccccc2)CS1)Nc1ccccc1.[Br-]. The number of benzene rings is 3. The highest BCUT2D eigenvalue weighted by atomic mass is 79.9. The Morgan fingerprint density at radius 3 is 2.10 bits per heavy atom. The summed E-state index contributed by atoms with van der Waals surface area (Å²) in [5.41, 5.74) is 2.84. The minimum atomic E-state index is -1.09. The first kappa shape index (κ1) is 21.4. The predicted molar refractivity (Wildman–Crippen MR) is 118 cm³/mol. The van der Waals surface area contributed by atoms with Crippen LogP contribution in [0.4, 0.5) is 11.4 Å². The number of thioether (sulfide) groups is 1. The molecule has 0 aromatic heterocycles. The maximum Gasteiger partial charge on any atom is 0.307 e. The predicted octanol–water partition coefficient (Wildman–Crippen LogP) is 2.34. The van der Waals surface area contributed by atoms with Crippen LogP contribution in [0.2, 0.25) is 0 Å². The van der Waals surface area contributed by atoms with Gasteiger partial charge in [0.2, 0.25) is 10.7 Å². The second-order valence-electron chi connectivity index (χ2n) is 6.80. The molecule has 4 rings (SSSR count).